The number of sulfone groups is 1. The molecule has 6 rings (SSSR count). The Morgan fingerprint density at radius 1 is 1.17 bits per heavy atom. The van der Waals surface area contributed by atoms with E-state index in [1.807, 2.05) is 24.4 Å². The zero-order valence-electron chi connectivity index (χ0n) is 16.7. The lowest BCUT2D eigenvalue weighted by Gasteiger charge is -2.38. The van der Waals surface area contributed by atoms with Gasteiger partial charge in [0.25, 0.3) is 0 Å². The van der Waals surface area contributed by atoms with Gasteiger partial charge in [0.1, 0.15) is 11.5 Å². The number of anilines is 1. The van der Waals surface area contributed by atoms with E-state index in [0.717, 1.165) is 37.4 Å². The smallest absolute Gasteiger partial charge is 0.151 e. The van der Waals surface area contributed by atoms with Gasteiger partial charge in [0.15, 0.2) is 9.84 Å². The minimum Gasteiger partial charge on any atom is -0.347 e. The maximum absolute atomic E-state index is 11.7. The second kappa shape index (κ2) is 6.04. The first-order valence-electron chi connectivity index (χ1n) is 10.7. The molecule has 3 aliphatic heterocycles. The Labute approximate surface area is 171 Å². The summed E-state index contributed by atoms with van der Waals surface area (Å²) in [7, 11) is -2.75. The standard InChI is InChI=1S/C21H27N5O2S/c1-2-25-20(11-17(23-25)16-5-3-4-7-22-16)26-18-9-15(10-19(18)26)24-8-6-21(12-24)13-29(27,28)14-21/h3-5,7,11,15,18-19H,2,6,8-10,12-14H2,1H3/t15?,18-,19+,26?. The number of hydrogen-bond donors (Lipinski definition) is 0. The van der Waals surface area contributed by atoms with Crippen LogP contribution in [0.3, 0.4) is 0 Å². The van der Waals surface area contributed by atoms with Gasteiger partial charge in [0, 0.05) is 36.8 Å². The van der Waals surface area contributed by atoms with Crippen LogP contribution in [0.2, 0.25) is 0 Å². The maximum atomic E-state index is 11.7. The molecule has 0 aromatic carbocycles. The molecule has 8 heteroatoms. The summed E-state index contributed by atoms with van der Waals surface area (Å²) in [5, 5.41) is 4.78. The van der Waals surface area contributed by atoms with Gasteiger partial charge in [-0.25, -0.2) is 13.1 Å². The van der Waals surface area contributed by atoms with Crippen LogP contribution in [-0.2, 0) is 16.4 Å². The summed E-state index contributed by atoms with van der Waals surface area (Å²) >= 11 is 0. The SMILES string of the molecule is CCn1nc(-c2ccccn2)cc1N1[C@@H]2CC(N3CCC4(C3)CS(=O)(=O)C4)C[C@@H]21. The molecule has 1 spiro atoms. The minimum absolute atomic E-state index is 0.0731. The van der Waals surface area contributed by atoms with Crippen LogP contribution in [0.1, 0.15) is 26.2 Å². The lowest BCUT2D eigenvalue weighted by Crippen LogP contribution is -2.50. The molecule has 1 unspecified atom stereocenters. The third-order valence-electron chi connectivity index (χ3n) is 7.38. The van der Waals surface area contributed by atoms with Crippen molar-refractivity contribution >= 4 is 15.7 Å². The number of fused-ring (bicyclic) bond motifs is 1. The molecule has 5 heterocycles. The second-order valence-electron chi connectivity index (χ2n) is 9.34. The van der Waals surface area contributed by atoms with E-state index in [-0.39, 0.29) is 5.41 Å². The Kier molecular flexibility index (Phi) is 3.73. The summed E-state index contributed by atoms with van der Waals surface area (Å²) in [4.78, 5) is 9.55. The van der Waals surface area contributed by atoms with E-state index < -0.39 is 9.84 Å². The fourth-order valence-corrected chi connectivity index (χ4v) is 8.32. The first kappa shape index (κ1) is 17.9. The molecule has 29 heavy (non-hydrogen) atoms. The third kappa shape index (κ3) is 2.83. The van der Waals surface area contributed by atoms with Gasteiger partial charge in [-0.2, -0.15) is 5.10 Å². The van der Waals surface area contributed by atoms with Crippen LogP contribution in [-0.4, -0.2) is 70.8 Å². The average molecular weight is 414 g/mol. The van der Waals surface area contributed by atoms with Gasteiger partial charge in [-0.1, -0.05) is 6.07 Å². The largest absolute Gasteiger partial charge is 0.347 e. The highest BCUT2D eigenvalue weighted by atomic mass is 32.2. The maximum Gasteiger partial charge on any atom is 0.151 e. The Bertz CT molecular complexity index is 1030. The van der Waals surface area contributed by atoms with Crippen molar-refractivity contribution in [2.24, 2.45) is 5.41 Å². The summed E-state index contributed by atoms with van der Waals surface area (Å²) in [6, 6.07) is 9.92. The van der Waals surface area contributed by atoms with Crippen LogP contribution in [0, 0.1) is 5.41 Å². The van der Waals surface area contributed by atoms with E-state index in [0.29, 0.717) is 29.6 Å². The highest BCUT2D eigenvalue weighted by Crippen LogP contribution is 2.50. The molecule has 0 amide bonds. The van der Waals surface area contributed by atoms with Crippen LogP contribution in [0.25, 0.3) is 11.4 Å². The molecular weight excluding hydrogens is 386 g/mol. The van der Waals surface area contributed by atoms with E-state index in [4.69, 9.17) is 5.10 Å². The van der Waals surface area contributed by atoms with E-state index in [1.54, 1.807) is 0 Å². The van der Waals surface area contributed by atoms with Gasteiger partial charge in [0.05, 0.1) is 29.3 Å². The van der Waals surface area contributed by atoms with Crippen molar-refractivity contribution in [3.8, 4) is 11.4 Å². The fraction of sp³-hybridized carbons (Fsp3) is 0.619. The lowest BCUT2D eigenvalue weighted by molar-refractivity contribution is 0.209. The molecular formula is C21H27N5O2S. The predicted molar refractivity (Wildman–Crippen MR) is 111 cm³/mol. The first-order chi connectivity index (χ1) is 14.0. The monoisotopic (exact) mass is 413 g/mol. The van der Waals surface area contributed by atoms with Crippen LogP contribution < -0.4 is 4.90 Å². The van der Waals surface area contributed by atoms with Crippen molar-refractivity contribution in [2.45, 2.75) is 50.9 Å². The quantitative estimate of drug-likeness (QED) is 0.712. The number of pyridine rings is 1. The van der Waals surface area contributed by atoms with E-state index in [2.05, 4.69) is 32.5 Å². The Morgan fingerprint density at radius 3 is 2.62 bits per heavy atom. The summed E-state index contributed by atoms with van der Waals surface area (Å²) in [5.41, 5.74) is 1.93. The van der Waals surface area contributed by atoms with Gasteiger partial charge in [-0.3, -0.25) is 9.88 Å². The molecule has 2 aromatic rings. The molecule has 4 aliphatic rings. The Balaban J connectivity index is 1.14. The summed E-state index contributed by atoms with van der Waals surface area (Å²) in [5.74, 6) is 2.03. The summed E-state index contributed by atoms with van der Waals surface area (Å²) < 4.78 is 25.4. The Hall–Kier alpha value is -1.93. The molecule has 2 aromatic heterocycles. The van der Waals surface area contributed by atoms with Crippen molar-refractivity contribution in [2.75, 3.05) is 29.5 Å². The number of aryl methyl sites for hydroxylation is 1. The zero-order valence-corrected chi connectivity index (χ0v) is 17.6. The molecule has 0 bridgehead atoms. The second-order valence-corrected chi connectivity index (χ2v) is 11.4. The Morgan fingerprint density at radius 2 is 1.97 bits per heavy atom. The number of nitrogens with zero attached hydrogens (tertiary/aromatic N) is 5. The third-order valence-corrected chi connectivity index (χ3v) is 9.49. The molecule has 3 saturated heterocycles. The van der Waals surface area contributed by atoms with Crippen LogP contribution >= 0.6 is 0 Å². The van der Waals surface area contributed by atoms with E-state index in [9.17, 15) is 8.42 Å². The predicted octanol–water partition coefficient (Wildman–Crippen LogP) is 1.81. The topological polar surface area (TPSA) is 71.1 Å². The summed E-state index contributed by atoms with van der Waals surface area (Å²) in [6.45, 7) is 5.03. The molecule has 4 fully saturated rings. The first-order valence-corrected chi connectivity index (χ1v) is 12.5. The van der Waals surface area contributed by atoms with E-state index in [1.165, 1.54) is 18.7 Å². The summed E-state index contributed by atoms with van der Waals surface area (Å²) in [6.07, 6.45) is 5.23. The highest BCUT2D eigenvalue weighted by Gasteiger charge is 2.59. The van der Waals surface area contributed by atoms with Gasteiger partial charge >= 0.3 is 0 Å². The number of hydrogen-bond acceptors (Lipinski definition) is 6. The molecule has 1 aliphatic carbocycles. The van der Waals surface area contributed by atoms with Crippen molar-refractivity contribution in [1.82, 2.24) is 19.7 Å². The number of piperidine rings is 1. The van der Waals surface area contributed by atoms with Crippen LogP contribution in [0.4, 0.5) is 5.82 Å². The van der Waals surface area contributed by atoms with Crippen molar-refractivity contribution < 1.29 is 8.42 Å². The van der Waals surface area contributed by atoms with Gasteiger partial charge in [-0.05, 0) is 44.9 Å². The van der Waals surface area contributed by atoms with Crippen molar-refractivity contribution in [1.29, 1.82) is 0 Å². The van der Waals surface area contributed by atoms with Crippen LogP contribution in [0.15, 0.2) is 30.5 Å². The number of aromatic nitrogens is 3. The molecule has 7 nitrogen and oxygen atoms in total. The van der Waals surface area contributed by atoms with Crippen molar-refractivity contribution in [3.63, 3.8) is 0 Å². The minimum atomic E-state index is -2.75. The fourth-order valence-electron chi connectivity index (χ4n) is 6.06. The van der Waals surface area contributed by atoms with Gasteiger partial charge < -0.3 is 4.90 Å². The van der Waals surface area contributed by atoms with Gasteiger partial charge in [-0.15, -0.1) is 0 Å². The molecule has 0 N–H and O–H groups in total. The average Bonchev–Trinajstić information content (AvgIpc) is 3.13. The van der Waals surface area contributed by atoms with E-state index >= 15 is 0 Å². The normalized spacial score (nSPS) is 31.8. The molecule has 1 saturated carbocycles. The highest BCUT2D eigenvalue weighted by molar-refractivity contribution is 7.92. The van der Waals surface area contributed by atoms with Crippen molar-refractivity contribution in [3.05, 3.63) is 30.5 Å². The lowest BCUT2D eigenvalue weighted by atomic mass is 9.91. The number of rotatable bonds is 4. The number of likely N-dealkylation sites (tertiary alicyclic amines) is 1. The van der Waals surface area contributed by atoms with Gasteiger partial charge in [0.2, 0.25) is 0 Å². The molecule has 3 atom stereocenters. The zero-order chi connectivity index (χ0) is 19.8. The van der Waals surface area contributed by atoms with Crippen LogP contribution in [0.5, 0.6) is 0 Å². The molecule has 0 radical (unpaired) electrons. The molecule has 154 valence electrons.